The Balaban J connectivity index is 1.62. The third-order valence-electron chi connectivity index (χ3n) is 7.74. The second kappa shape index (κ2) is 12.5. The van der Waals surface area contributed by atoms with Gasteiger partial charge in [0, 0.05) is 25.6 Å². The molecule has 5 N–H and O–H groups in total. The molecule has 2 saturated heterocycles. The molecule has 3 fully saturated rings. The van der Waals surface area contributed by atoms with E-state index in [4.69, 9.17) is 14.6 Å². The molecule has 2 aliphatic heterocycles. The van der Waals surface area contributed by atoms with E-state index in [-0.39, 0.29) is 36.2 Å². The second-order valence-corrected chi connectivity index (χ2v) is 12.7. The van der Waals surface area contributed by atoms with E-state index in [9.17, 15) is 32.7 Å². The number of rotatable bonds is 11. The summed E-state index contributed by atoms with van der Waals surface area (Å²) in [4.78, 5) is 52.3. The number of hydrogen-bond donors (Lipinski definition) is 5. The fourth-order valence-electron chi connectivity index (χ4n) is 5.50. The van der Waals surface area contributed by atoms with Crippen LogP contribution in [0, 0.1) is 28.7 Å². The lowest BCUT2D eigenvalue weighted by Crippen LogP contribution is -2.56. The maximum atomic E-state index is 13.2. The monoisotopic (exact) mass is 571 g/mol. The highest BCUT2D eigenvalue weighted by Crippen LogP contribution is 2.50. The number of alkyl carbamates (subject to hydrolysis) is 1. The number of aliphatic hydroxyl groups excluding tert-OH is 1. The van der Waals surface area contributed by atoms with Gasteiger partial charge in [0.15, 0.2) is 6.19 Å². The van der Waals surface area contributed by atoms with Gasteiger partial charge in [-0.15, -0.1) is 0 Å². The number of Topliss-reactive ketones (excluding diaryl/α,β-unsaturated/α-hetero) is 1. The van der Waals surface area contributed by atoms with E-state index in [1.165, 1.54) is 0 Å². The number of nitrogens with one attached hydrogen (secondary N) is 3. The number of hydrogen-bond acceptors (Lipinski definition) is 10. The Hall–Kier alpha value is -2.96. The van der Waals surface area contributed by atoms with Crippen molar-refractivity contribution >= 4 is 33.8 Å². The van der Waals surface area contributed by atoms with Crippen LogP contribution in [0.15, 0.2) is 0 Å². The van der Waals surface area contributed by atoms with Gasteiger partial charge >= 0.3 is 6.09 Å². The lowest BCUT2D eigenvalue weighted by molar-refractivity contribution is -0.132. The van der Waals surface area contributed by atoms with Crippen LogP contribution in [0.5, 0.6) is 0 Å². The van der Waals surface area contributed by atoms with Crippen LogP contribution < -0.4 is 16.0 Å². The standard InChI is InChI=1S/C24H37N5O9S/c1-14(2)9-18(28-23(34)38-16-11-24(12-16)4-7-29(13-25)8-5-24)21(32)27-17(10-15-3-6-26-20(15)31)19(30)22(33)39(35,36)37/h14-18,22,33H,3-12H2,1-2H3,(H,26,31)(H,27,32)(H,28,34)(H,35,36,37)/t15-,17+,18+,22?/m1/s1. The lowest BCUT2D eigenvalue weighted by atomic mass is 9.61. The van der Waals surface area contributed by atoms with E-state index in [2.05, 4.69) is 22.1 Å². The Morgan fingerprint density at radius 2 is 1.85 bits per heavy atom. The number of piperidine rings is 1. The summed E-state index contributed by atoms with van der Waals surface area (Å²) in [5.74, 6) is -3.40. The van der Waals surface area contributed by atoms with Gasteiger partial charge < -0.3 is 30.7 Å². The lowest BCUT2D eigenvalue weighted by Gasteiger charge is -2.50. The molecule has 0 aromatic heterocycles. The largest absolute Gasteiger partial charge is 0.446 e. The predicted molar refractivity (Wildman–Crippen MR) is 135 cm³/mol. The van der Waals surface area contributed by atoms with E-state index in [0.717, 1.165) is 12.8 Å². The molecule has 3 aliphatic rings. The normalized spacial score (nSPS) is 23.2. The number of likely N-dealkylation sites (tertiary alicyclic amines) is 1. The zero-order valence-electron chi connectivity index (χ0n) is 22.1. The molecule has 1 aliphatic carbocycles. The summed E-state index contributed by atoms with van der Waals surface area (Å²) in [6, 6.07) is -2.76. The van der Waals surface area contributed by atoms with Gasteiger partial charge in [-0.3, -0.25) is 18.9 Å². The van der Waals surface area contributed by atoms with Gasteiger partial charge in [0.1, 0.15) is 12.1 Å². The van der Waals surface area contributed by atoms with Crippen molar-refractivity contribution in [1.82, 2.24) is 20.9 Å². The van der Waals surface area contributed by atoms with Gasteiger partial charge in [0.05, 0.1) is 6.04 Å². The number of ketones is 1. The van der Waals surface area contributed by atoms with Crippen LogP contribution >= 0.6 is 0 Å². The number of nitrogens with zero attached hydrogens (tertiary/aromatic N) is 2. The van der Waals surface area contributed by atoms with Crippen LogP contribution in [-0.4, -0.2) is 89.9 Å². The van der Waals surface area contributed by atoms with E-state index in [0.29, 0.717) is 38.9 Å². The van der Waals surface area contributed by atoms with Crippen molar-refractivity contribution in [3.05, 3.63) is 0 Å². The topological polar surface area (TPSA) is 215 Å². The van der Waals surface area contributed by atoms with Gasteiger partial charge in [-0.2, -0.15) is 13.7 Å². The highest BCUT2D eigenvalue weighted by molar-refractivity contribution is 7.87. The Bertz CT molecular complexity index is 1090. The van der Waals surface area contributed by atoms with Gasteiger partial charge in [-0.1, -0.05) is 13.8 Å². The van der Waals surface area contributed by atoms with Gasteiger partial charge in [0.25, 0.3) is 10.1 Å². The summed E-state index contributed by atoms with van der Waals surface area (Å²) in [6.07, 6.45) is 4.18. The molecule has 2 heterocycles. The number of aliphatic hydroxyl groups is 1. The van der Waals surface area contributed by atoms with E-state index in [1.54, 1.807) is 4.90 Å². The first-order valence-corrected chi connectivity index (χ1v) is 14.6. The number of amides is 3. The molecule has 0 aromatic rings. The van der Waals surface area contributed by atoms with Crippen LogP contribution in [-0.2, 0) is 29.2 Å². The number of nitriles is 1. The first kappa shape index (κ1) is 30.6. The summed E-state index contributed by atoms with van der Waals surface area (Å²) in [5, 5.41) is 26.3. The van der Waals surface area contributed by atoms with Crippen molar-refractivity contribution < 1.29 is 42.0 Å². The van der Waals surface area contributed by atoms with Crippen LogP contribution in [0.25, 0.3) is 0 Å². The Morgan fingerprint density at radius 3 is 2.36 bits per heavy atom. The van der Waals surface area contributed by atoms with Crippen molar-refractivity contribution in [3.63, 3.8) is 0 Å². The van der Waals surface area contributed by atoms with E-state index in [1.807, 2.05) is 13.8 Å². The Kier molecular flexibility index (Phi) is 9.78. The molecule has 218 valence electrons. The molecule has 4 atom stereocenters. The van der Waals surface area contributed by atoms with Gasteiger partial charge in [-0.05, 0) is 56.3 Å². The third kappa shape index (κ3) is 8.02. The molecule has 14 nitrogen and oxygen atoms in total. The van der Waals surface area contributed by atoms with Crippen molar-refractivity contribution in [3.8, 4) is 6.19 Å². The molecule has 0 bridgehead atoms. The first-order chi connectivity index (χ1) is 18.2. The van der Waals surface area contributed by atoms with Gasteiger partial charge in [-0.25, -0.2) is 4.79 Å². The van der Waals surface area contributed by atoms with Crippen molar-refractivity contribution in [2.45, 2.75) is 82.4 Å². The maximum Gasteiger partial charge on any atom is 0.408 e. The van der Waals surface area contributed by atoms with Crippen molar-refractivity contribution in [2.24, 2.45) is 17.3 Å². The van der Waals surface area contributed by atoms with Gasteiger partial charge in [0.2, 0.25) is 23.0 Å². The minimum atomic E-state index is -5.17. The second-order valence-electron chi connectivity index (χ2n) is 11.2. The number of carbonyl (C=O) groups excluding carboxylic acids is 4. The molecular weight excluding hydrogens is 534 g/mol. The minimum absolute atomic E-state index is 0.0427. The smallest absolute Gasteiger partial charge is 0.408 e. The molecule has 39 heavy (non-hydrogen) atoms. The highest BCUT2D eigenvalue weighted by Gasteiger charge is 2.48. The average Bonchev–Trinajstić information content (AvgIpc) is 3.24. The average molecular weight is 572 g/mol. The van der Waals surface area contributed by atoms with Crippen molar-refractivity contribution in [2.75, 3.05) is 19.6 Å². The third-order valence-corrected chi connectivity index (χ3v) is 8.54. The van der Waals surface area contributed by atoms with E-state index >= 15 is 0 Å². The summed E-state index contributed by atoms with van der Waals surface area (Å²) >= 11 is 0. The molecule has 0 radical (unpaired) electrons. The SMILES string of the molecule is CC(C)C[C@H](NC(=O)OC1CC2(CCN(C#N)CC2)C1)C(=O)N[C@@H](C[C@H]1CCNC1=O)C(=O)C(O)S(=O)(=O)O. The Labute approximate surface area is 227 Å². The first-order valence-electron chi connectivity index (χ1n) is 13.1. The van der Waals surface area contributed by atoms with Crippen LogP contribution in [0.1, 0.15) is 58.8 Å². The summed E-state index contributed by atoms with van der Waals surface area (Å²) in [6.45, 7) is 5.29. The molecule has 1 spiro atoms. The Morgan fingerprint density at radius 1 is 1.21 bits per heavy atom. The number of ether oxygens (including phenoxy) is 1. The highest BCUT2D eigenvalue weighted by atomic mass is 32.2. The molecule has 3 rings (SSSR count). The molecule has 0 aromatic carbocycles. The van der Waals surface area contributed by atoms with E-state index < -0.39 is 51.3 Å². The fourth-order valence-corrected chi connectivity index (χ4v) is 5.96. The summed E-state index contributed by atoms with van der Waals surface area (Å²) < 4.78 is 37.4. The predicted octanol–water partition coefficient (Wildman–Crippen LogP) is -0.361. The summed E-state index contributed by atoms with van der Waals surface area (Å²) in [5.41, 5.74) is -2.76. The van der Waals surface area contributed by atoms with Crippen molar-refractivity contribution in [1.29, 1.82) is 5.26 Å². The molecule has 3 amide bonds. The minimum Gasteiger partial charge on any atom is -0.446 e. The molecule has 15 heteroatoms. The molecule has 1 unspecified atom stereocenters. The summed E-state index contributed by atoms with van der Waals surface area (Å²) in [7, 11) is -5.17. The van der Waals surface area contributed by atoms with Crippen LogP contribution in [0.3, 0.4) is 0 Å². The quantitative estimate of drug-likeness (QED) is 0.159. The zero-order chi connectivity index (χ0) is 29.0. The van der Waals surface area contributed by atoms with Crippen LogP contribution in [0.4, 0.5) is 4.79 Å². The molecule has 1 saturated carbocycles. The van der Waals surface area contributed by atoms with Crippen LogP contribution in [0.2, 0.25) is 0 Å². The maximum absolute atomic E-state index is 13.2. The zero-order valence-corrected chi connectivity index (χ0v) is 22.9. The number of carbonyl (C=O) groups is 4. The molecular formula is C24H37N5O9S. The fraction of sp³-hybridized carbons (Fsp3) is 0.792.